The first-order valence-electron chi connectivity index (χ1n) is 10.2. The molecule has 32 heavy (non-hydrogen) atoms. The van der Waals surface area contributed by atoms with E-state index in [2.05, 4.69) is 15.6 Å². The fraction of sp³-hybridized carbons (Fsp3) is 0.304. The number of aliphatic imine (C=N–C) groups is 1. The number of benzene rings is 2. The SMILES string of the molecule is CC(C)CC(NC(=O)O)C(=O)NC1N=C(c2ccc(Cl)cc2)c2ccccc2N(C)C1=O. The number of anilines is 1. The van der Waals surface area contributed by atoms with E-state index in [9.17, 15) is 14.4 Å². The smallest absolute Gasteiger partial charge is 0.405 e. The highest BCUT2D eigenvalue weighted by Gasteiger charge is 2.33. The average Bonchev–Trinajstić information content (AvgIpc) is 2.84. The van der Waals surface area contributed by atoms with Gasteiger partial charge in [0.25, 0.3) is 5.91 Å². The molecule has 3 N–H and O–H groups in total. The number of carbonyl (C=O) groups is 3. The monoisotopic (exact) mass is 456 g/mol. The van der Waals surface area contributed by atoms with Crippen molar-refractivity contribution in [2.24, 2.45) is 10.9 Å². The first kappa shape index (κ1) is 23.3. The lowest BCUT2D eigenvalue weighted by molar-refractivity contribution is -0.128. The van der Waals surface area contributed by atoms with Gasteiger partial charge in [-0.05, 0) is 30.5 Å². The Morgan fingerprint density at radius 2 is 1.81 bits per heavy atom. The van der Waals surface area contributed by atoms with Crippen LogP contribution in [0.5, 0.6) is 0 Å². The number of likely N-dealkylation sites (N-methyl/N-ethyl adjacent to an activating group) is 1. The number of halogens is 1. The number of benzodiazepines with no additional fused rings is 1. The van der Waals surface area contributed by atoms with E-state index >= 15 is 0 Å². The van der Waals surface area contributed by atoms with E-state index < -0.39 is 30.1 Å². The maximum Gasteiger partial charge on any atom is 0.405 e. The van der Waals surface area contributed by atoms with Crippen LogP contribution >= 0.6 is 11.6 Å². The van der Waals surface area contributed by atoms with Gasteiger partial charge in [0.2, 0.25) is 12.1 Å². The molecular formula is C23H25ClN4O4. The minimum atomic E-state index is -1.31. The normalized spacial score (nSPS) is 16.7. The summed E-state index contributed by atoms with van der Waals surface area (Å²) < 4.78 is 0. The van der Waals surface area contributed by atoms with Gasteiger partial charge >= 0.3 is 6.09 Å². The van der Waals surface area contributed by atoms with E-state index in [1.165, 1.54) is 4.90 Å². The second kappa shape index (κ2) is 9.82. The molecule has 3 amide bonds. The summed E-state index contributed by atoms with van der Waals surface area (Å²) in [5.41, 5.74) is 2.62. The number of rotatable bonds is 6. The number of fused-ring (bicyclic) bond motifs is 1. The number of hydrogen-bond donors (Lipinski definition) is 3. The highest BCUT2D eigenvalue weighted by Crippen LogP contribution is 2.27. The van der Waals surface area contributed by atoms with Gasteiger partial charge in [0.05, 0.1) is 11.4 Å². The van der Waals surface area contributed by atoms with Crippen molar-refractivity contribution in [1.82, 2.24) is 10.6 Å². The van der Waals surface area contributed by atoms with Crippen molar-refractivity contribution in [2.75, 3.05) is 11.9 Å². The first-order chi connectivity index (χ1) is 15.2. The summed E-state index contributed by atoms with van der Waals surface area (Å²) >= 11 is 6.03. The van der Waals surface area contributed by atoms with Crippen LogP contribution in [-0.2, 0) is 9.59 Å². The number of nitrogens with one attached hydrogen (secondary N) is 2. The fourth-order valence-corrected chi connectivity index (χ4v) is 3.67. The van der Waals surface area contributed by atoms with Crippen molar-refractivity contribution in [3.05, 3.63) is 64.7 Å². The summed E-state index contributed by atoms with van der Waals surface area (Å²) in [5.74, 6) is -0.992. The van der Waals surface area contributed by atoms with E-state index in [1.54, 1.807) is 37.4 Å². The molecule has 168 valence electrons. The third-order valence-corrected chi connectivity index (χ3v) is 5.31. The highest BCUT2D eigenvalue weighted by atomic mass is 35.5. The molecule has 1 heterocycles. The number of nitrogens with zero attached hydrogens (tertiary/aromatic N) is 2. The number of carboxylic acid groups (broad SMARTS) is 1. The lowest BCUT2D eigenvalue weighted by Crippen LogP contribution is -2.53. The van der Waals surface area contributed by atoms with Crippen molar-refractivity contribution < 1.29 is 19.5 Å². The molecule has 0 bridgehead atoms. The molecule has 0 spiro atoms. The van der Waals surface area contributed by atoms with E-state index in [4.69, 9.17) is 16.7 Å². The van der Waals surface area contributed by atoms with Crippen LogP contribution in [0.3, 0.4) is 0 Å². The lowest BCUT2D eigenvalue weighted by atomic mass is 10.0. The Hall–Kier alpha value is -3.39. The van der Waals surface area contributed by atoms with Crippen molar-refractivity contribution in [3.63, 3.8) is 0 Å². The third kappa shape index (κ3) is 5.26. The summed E-state index contributed by atoms with van der Waals surface area (Å²) in [6.45, 7) is 3.75. The minimum Gasteiger partial charge on any atom is -0.465 e. The van der Waals surface area contributed by atoms with Gasteiger partial charge in [0, 0.05) is 23.2 Å². The standard InChI is InChI=1S/C23H25ClN4O4/c1-13(2)12-17(25-23(31)32)21(29)27-20-22(30)28(3)18-7-5-4-6-16(18)19(26-20)14-8-10-15(24)11-9-14/h4-11,13,17,20,25H,12H2,1-3H3,(H,27,29)(H,31,32). The molecule has 8 nitrogen and oxygen atoms in total. The third-order valence-electron chi connectivity index (χ3n) is 5.06. The Morgan fingerprint density at radius 3 is 2.44 bits per heavy atom. The molecule has 1 aliphatic rings. The maximum atomic E-state index is 13.2. The molecule has 2 unspecified atom stereocenters. The Bertz CT molecular complexity index is 1050. The van der Waals surface area contributed by atoms with Gasteiger partial charge in [-0.15, -0.1) is 0 Å². The minimum absolute atomic E-state index is 0.0579. The van der Waals surface area contributed by atoms with Crippen LogP contribution in [0.4, 0.5) is 10.5 Å². The maximum absolute atomic E-state index is 13.2. The van der Waals surface area contributed by atoms with Crippen molar-refractivity contribution in [1.29, 1.82) is 0 Å². The number of amides is 3. The zero-order valence-electron chi connectivity index (χ0n) is 18.0. The fourth-order valence-electron chi connectivity index (χ4n) is 3.54. The first-order valence-corrected chi connectivity index (χ1v) is 10.6. The van der Waals surface area contributed by atoms with Crippen LogP contribution in [0.1, 0.15) is 31.4 Å². The van der Waals surface area contributed by atoms with Crippen LogP contribution in [0.15, 0.2) is 53.5 Å². The summed E-state index contributed by atoms with van der Waals surface area (Å²) in [6, 6.07) is 13.3. The molecule has 0 saturated carbocycles. The molecule has 0 aliphatic carbocycles. The van der Waals surface area contributed by atoms with Crippen molar-refractivity contribution in [2.45, 2.75) is 32.5 Å². The van der Waals surface area contributed by atoms with Crippen molar-refractivity contribution in [3.8, 4) is 0 Å². The van der Waals surface area contributed by atoms with Gasteiger partial charge in [-0.1, -0.05) is 55.8 Å². The second-order valence-electron chi connectivity index (χ2n) is 7.94. The quantitative estimate of drug-likeness (QED) is 0.619. The number of hydrogen-bond acceptors (Lipinski definition) is 4. The van der Waals surface area contributed by atoms with Gasteiger partial charge in [-0.3, -0.25) is 9.59 Å². The zero-order chi connectivity index (χ0) is 23.4. The average molecular weight is 457 g/mol. The second-order valence-corrected chi connectivity index (χ2v) is 8.38. The van der Waals surface area contributed by atoms with E-state index in [1.807, 2.05) is 32.0 Å². The van der Waals surface area contributed by atoms with E-state index in [0.29, 0.717) is 16.4 Å². The van der Waals surface area contributed by atoms with E-state index in [-0.39, 0.29) is 12.3 Å². The molecule has 0 aromatic heterocycles. The molecule has 0 fully saturated rings. The largest absolute Gasteiger partial charge is 0.465 e. The van der Waals surface area contributed by atoms with Crippen LogP contribution in [0, 0.1) is 5.92 Å². The van der Waals surface area contributed by atoms with Gasteiger partial charge in [-0.25, -0.2) is 9.79 Å². The molecule has 1 aliphatic heterocycles. The predicted octanol–water partition coefficient (Wildman–Crippen LogP) is 3.28. The Kier molecular flexibility index (Phi) is 7.15. The molecule has 2 atom stereocenters. The number of para-hydroxylation sites is 1. The lowest BCUT2D eigenvalue weighted by Gasteiger charge is -2.23. The van der Waals surface area contributed by atoms with Gasteiger partial charge < -0.3 is 20.6 Å². The van der Waals surface area contributed by atoms with Gasteiger partial charge in [0.15, 0.2) is 0 Å². The van der Waals surface area contributed by atoms with Crippen LogP contribution in [0.25, 0.3) is 0 Å². The molecule has 2 aromatic carbocycles. The van der Waals surface area contributed by atoms with E-state index in [0.717, 1.165) is 11.1 Å². The summed E-state index contributed by atoms with van der Waals surface area (Å²) in [6.07, 6.45) is -2.26. The number of carbonyl (C=O) groups excluding carboxylic acids is 2. The highest BCUT2D eigenvalue weighted by molar-refractivity contribution is 6.30. The Labute approximate surface area is 191 Å². The summed E-state index contributed by atoms with van der Waals surface area (Å²) in [4.78, 5) is 43.3. The predicted molar refractivity (Wildman–Crippen MR) is 123 cm³/mol. The summed E-state index contributed by atoms with van der Waals surface area (Å²) in [7, 11) is 1.61. The topological polar surface area (TPSA) is 111 Å². The molecule has 0 saturated heterocycles. The summed E-state index contributed by atoms with van der Waals surface area (Å²) in [5, 5.41) is 14.5. The molecule has 3 rings (SSSR count). The van der Waals surface area contributed by atoms with Crippen molar-refractivity contribution >= 4 is 40.9 Å². The molecule has 2 aromatic rings. The van der Waals surface area contributed by atoms with Crippen LogP contribution in [0.2, 0.25) is 5.02 Å². The van der Waals surface area contributed by atoms with Crippen LogP contribution in [-0.4, -0.2) is 48.0 Å². The Morgan fingerprint density at radius 1 is 1.16 bits per heavy atom. The van der Waals surface area contributed by atoms with Gasteiger partial charge in [-0.2, -0.15) is 0 Å². The van der Waals surface area contributed by atoms with Gasteiger partial charge in [0.1, 0.15) is 6.04 Å². The molecule has 0 radical (unpaired) electrons. The Balaban J connectivity index is 2.02. The molecule has 9 heteroatoms. The van der Waals surface area contributed by atoms with Crippen LogP contribution < -0.4 is 15.5 Å². The zero-order valence-corrected chi connectivity index (χ0v) is 18.8. The molecular weight excluding hydrogens is 432 g/mol.